The van der Waals surface area contributed by atoms with Gasteiger partial charge in [0.2, 0.25) is 0 Å². The molecule has 20 heteroatoms. The first-order valence-electron chi connectivity index (χ1n) is 21.7. The van der Waals surface area contributed by atoms with Crippen LogP contribution in [0.5, 0.6) is 5.06 Å². The zero-order valence-corrected chi connectivity index (χ0v) is 43.1. The lowest BCUT2D eigenvalue weighted by Gasteiger charge is -2.03. The van der Waals surface area contributed by atoms with Crippen molar-refractivity contribution in [3.05, 3.63) is 122 Å². The number of carbonyl (C=O) groups excluding carboxylic acids is 1. The van der Waals surface area contributed by atoms with E-state index in [0.29, 0.717) is 17.7 Å². The Labute approximate surface area is 443 Å². The Bertz CT molecular complexity index is 3950. The Morgan fingerprint density at radius 2 is 1.14 bits per heavy atom. The minimum atomic E-state index is 0. The molecule has 9 heterocycles. The normalized spacial score (nSPS) is 11.5. The molecule has 13 nitrogen and oxygen atoms in total. The fourth-order valence-electron chi connectivity index (χ4n) is 8.25. The summed E-state index contributed by atoms with van der Waals surface area (Å²) in [5, 5.41) is 19.5. The molecule has 0 radical (unpaired) electrons. The van der Waals surface area contributed by atoms with Gasteiger partial charge in [0.05, 0.1) is 119 Å². The molecule has 0 aliphatic rings. The maximum atomic E-state index is 10.9. The highest BCUT2D eigenvalue weighted by Crippen LogP contribution is 2.44. The third kappa shape index (κ3) is 9.68. The van der Waals surface area contributed by atoms with E-state index in [0.717, 1.165) is 125 Å². The van der Waals surface area contributed by atoms with Gasteiger partial charge in [-0.15, -0.1) is 34.0 Å². The molecule has 0 saturated carbocycles. The van der Waals surface area contributed by atoms with Crippen LogP contribution in [-0.2, 0) is 19.5 Å². The highest BCUT2D eigenvalue weighted by Gasteiger charge is 2.20. The van der Waals surface area contributed by atoms with Gasteiger partial charge in [-0.05, 0) is 67.0 Å². The topological polar surface area (TPSA) is 165 Å². The van der Waals surface area contributed by atoms with Crippen molar-refractivity contribution >= 4 is 184 Å². The van der Waals surface area contributed by atoms with Crippen LogP contribution in [0.3, 0.4) is 0 Å². The standard InChI is InChI=1S/C29H17N7S4.C13H13NO2S2.C8H5N3S.2CH4/c1-3-10-36-24-13-17(11-16(15-30)19-6-4-8-21-26(19)34-39-32-21)37-28(24)29-25(36)14-18(38-29)12-23(31-2)20-7-5-9-22-27(20)35-40-33-22;1-3-4-14-9-5-8(7-15)17-12(9)13-10(14)6-11(16-2)18-13;9-5-4-6-2-1-3-7-8(6)11-12-10-7;;/h4-9,11-14H,3,10H2,1H3;5-7H,3-4H2,1-2H3;1-3H,4H2;2*1H4/b16-11+,23-12-;;;;. The van der Waals surface area contributed by atoms with Gasteiger partial charge in [0.15, 0.2) is 17.0 Å². The third-order valence-corrected chi connectivity index (χ3v) is 17.5. The monoisotopic (exact) mass is 1080 g/mol. The number of allylic oxidation sites excluding steroid dienone is 1. The minimum absolute atomic E-state index is 0. The predicted octanol–water partition coefficient (Wildman–Crippen LogP) is 16.0. The molecule has 0 unspecified atom stereocenters. The molecule has 360 valence electrons. The summed E-state index contributed by atoms with van der Waals surface area (Å²) in [5.74, 6) is 0. The number of aromatic nitrogens is 8. The van der Waals surface area contributed by atoms with Gasteiger partial charge in [-0.1, -0.05) is 76.4 Å². The van der Waals surface area contributed by atoms with Gasteiger partial charge in [0.25, 0.3) is 0 Å². The Balaban J connectivity index is 0.000000178. The van der Waals surface area contributed by atoms with E-state index in [1.165, 1.54) is 52.6 Å². The number of aryl methyl sites for hydroxylation is 2. The molecular formula is C52H43N11O2S7. The molecule has 0 N–H and O–H groups in total. The van der Waals surface area contributed by atoms with Gasteiger partial charge >= 0.3 is 0 Å². The van der Waals surface area contributed by atoms with Crippen molar-refractivity contribution in [2.75, 3.05) is 7.11 Å². The zero-order valence-electron chi connectivity index (χ0n) is 37.4. The molecule has 12 rings (SSSR count). The smallest absolute Gasteiger partial charge is 0.197 e. The van der Waals surface area contributed by atoms with Gasteiger partial charge in [-0.25, -0.2) is 4.85 Å². The van der Waals surface area contributed by atoms with E-state index in [1.807, 2.05) is 72.8 Å². The lowest BCUT2D eigenvalue weighted by molar-refractivity contribution is 0.112. The Kier molecular flexibility index (Phi) is 16.1. The largest absolute Gasteiger partial charge is 0.487 e. The number of carbonyl (C=O) groups is 1. The Morgan fingerprint density at radius 1 is 0.653 bits per heavy atom. The second-order valence-electron chi connectivity index (χ2n) is 15.6. The molecule has 0 amide bonds. The number of ether oxygens (including phenoxy) is 1. The molecule has 72 heavy (non-hydrogen) atoms. The fraction of sp³-hybridized carbons (Fsp3) is 0.192. The summed E-state index contributed by atoms with van der Waals surface area (Å²) in [6, 6.07) is 30.1. The van der Waals surface area contributed by atoms with Gasteiger partial charge < -0.3 is 13.9 Å². The highest BCUT2D eigenvalue weighted by molar-refractivity contribution is 7.29. The van der Waals surface area contributed by atoms with Crippen LogP contribution in [0.1, 0.15) is 77.7 Å². The second-order valence-corrected chi connectivity index (χ2v) is 21.4. The number of benzene rings is 3. The van der Waals surface area contributed by atoms with Crippen molar-refractivity contribution in [1.82, 2.24) is 35.4 Å². The van der Waals surface area contributed by atoms with Crippen molar-refractivity contribution in [2.45, 2.75) is 61.1 Å². The van der Waals surface area contributed by atoms with Crippen molar-refractivity contribution in [3.8, 4) is 17.2 Å². The van der Waals surface area contributed by atoms with Crippen LogP contribution >= 0.6 is 80.5 Å². The van der Waals surface area contributed by atoms with Crippen LogP contribution in [0.15, 0.2) is 78.9 Å². The molecule has 0 bridgehead atoms. The number of rotatable bonds is 11. The van der Waals surface area contributed by atoms with Gasteiger partial charge in [-0.2, -0.15) is 36.8 Å². The van der Waals surface area contributed by atoms with Crippen molar-refractivity contribution in [2.24, 2.45) is 0 Å². The molecule has 0 atom stereocenters. The third-order valence-electron chi connectivity index (χ3n) is 11.3. The summed E-state index contributed by atoms with van der Waals surface area (Å²) in [4.78, 5) is 17.6. The average Bonchev–Trinajstić information content (AvgIpc) is 4.23. The van der Waals surface area contributed by atoms with Crippen LogP contribution < -0.4 is 4.74 Å². The van der Waals surface area contributed by atoms with Crippen molar-refractivity contribution in [1.29, 1.82) is 10.5 Å². The molecule has 0 fully saturated rings. The molecule has 0 aliphatic carbocycles. The second kappa shape index (κ2) is 22.6. The number of hydrogen-bond donors (Lipinski definition) is 0. The highest BCUT2D eigenvalue weighted by atomic mass is 32.1. The van der Waals surface area contributed by atoms with Crippen LogP contribution in [0.4, 0.5) is 0 Å². The van der Waals surface area contributed by atoms with Gasteiger partial charge in [-0.3, -0.25) is 4.79 Å². The van der Waals surface area contributed by atoms with E-state index >= 15 is 0 Å². The average molecular weight is 1080 g/mol. The summed E-state index contributed by atoms with van der Waals surface area (Å²) in [6.07, 6.45) is 7.31. The van der Waals surface area contributed by atoms with E-state index in [-0.39, 0.29) is 14.9 Å². The first kappa shape index (κ1) is 51.3. The van der Waals surface area contributed by atoms with E-state index in [9.17, 15) is 10.1 Å². The van der Waals surface area contributed by atoms with Crippen LogP contribution in [0.2, 0.25) is 0 Å². The molecule has 0 saturated heterocycles. The van der Waals surface area contributed by atoms with E-state index in [1.54, 1.807) is 52.5 Å². The first-order chi connectivity index (χ1) is 34.4. The van der Waals surface area contributed by atoms with Crippen LogP contribution in [0.25, 0.3) is 102 Å². The molecular weight excluding hydrogens is 1040 g/mol. The molecule has 0 aliphatic heterocycles. The van der Waals surface area contributed by atoms with E-state index < -0.39 is 0 Å². The molecule has 9 aromatic heterocycles. The number of aldehydes is 1. The lowest BCUT2D eigenvalue weighted by atomic mass is 10.0. The minimum Gasteiger partial charge on any atom is -0.487 e. The Hall–Kier alpha value is -7.06. The number of nitrogens with zero attached hydrogens (tertiary/aromatic N) is 11. The number of nitriles is 2. The molecule has 0 spiro atoms. The number of fused-ring (bicyclic) bond motifs is 9. The quantitative estimate of drug-likeness (QED) is 0.0691. The maximum absolute atomic E-state index is 10.9. The van der Waals surface area contributed by atoms with Crippen LogP contribution in [0, 0.1) is 29.2 Å². The van der Waals surface area contributed by atoms with Crippen LogP contribution in [-0.4, -0.2) is 48.8 Å². The molecule has 3 aromatic carbocycles. The first-order valence-corrected chi connectivity index (χ1v) is 27.2. The summed E-state index contributed by atoms with van der Waals surface area (Å²) >= 11 is 10.1. The number of methoxy groups -OCH3 is 1. The fourth-order valence-corrected chi connectivity index (χ4v) is 14.4. The predicted molar refractivity (Wildman–Crippen MR) is 306 cm³/mol. The maximum Gasteiger partial charge on any atom is 0.197 e. The zero-order chi connectivity index (χ0) is 48.3. The lowest BCUT2D eigenvalue weighted by Crippen LogP contribution is -1.94. The van der Waals surface area contributed by atoms with Crippen molar-refractivity contribution < 1.29 is 9.53 Å². The van der Waals surface area contributed by atoms with E-state index in [2.05, 4.69) is 84.4 Å². The summed E-state index contributed by atoms with van der Waals surface area (Å²) < 4.78 is 40.5. The number of hydrogen-bond acceptors (Lipinski definition) is 17. The Morgan fingerprint density at radius 3 is 1.68 bits per heavy atom. The summed E-state index contributed by atoms with van der Waals surface area (Å²) in [5.41, 5.74) is 13.3. The van der Waals surface area contributed by atoms with E-state index in [4.69, 9.17) is 16.6 Å². The summed E-state index contributed by atoms with van der Waals surface area (Å²) in [6.45, 7) is 14.1. The SMILES string of the molecule is C.C.CCCn1c2cc(C=O)sc2c2sc(OC)cc21.N#CCc1cccc2nsnc12.[C-]#[N+]/C(=C\c1cc2c(s1)c1sc(/C=C(\C#N)c3cccc4nsnc34)cc1n2CCC)c1cccc2nsnc12. The van der Waals surface area contributed by atoms with Gasteiger partial charge in [0.1, 0.15) is 33.1 Å². The summed E-state index contributed by atoms with van der Waals surface area (Å²) in [7, 11) is 1.69. The number of thiophene rings is 4. The van der Waals surface area contributed by atoms with Crippen molar-refractivity contribution in [3.63, 3.8) is 0 Å². The molecule has 12 aromatic rings. The van der Waals surface area contributed by atoms with Gasteiger partial charge in [0, 0.05) is 40.0 Å².